The smallest absolute Gasteiger partial charge is 0.342 e. The molecule has 122 valence electrons. The summed E-state index contributed by atoms with van der Waals surface area (Å²) >= 11 is 0. The molecule has 1 heterocycles. The van der Waals surface area contributed by atoms with E-state index in [1.165, 1.54) is 6.07 Å². The molecule has 2 rings (SSSR count). The van der Waals surface area contributed by atoms with Crippen LogP contribution in [0, 0.1) is 0 Å². The van der Waals surface area contributed by atoms with Gasteiger partial charge in [0.15, 0.2) is 0 Å². The first-order valence-electron chi connectivity index (χ1n) is 7.08. The molecule has 6 heteroatoms. The van der Waals surface area contributed by atoms with Crippen molar-refractivity contribution in [1.82, 2.24) is 0 Å². The van der Waals surface area contributed by atoms with Gasteiger partial charge in [-0.3, -0.25) is 9.59 Å². The lowest BCUT2D eigenvalue weighted by molar-refractivity contribution is -0.136. The summed E-state index contributed by atoms with van der Waals surface area (Å²) < 4.78 is 5.00. The summed E-state index contributed by atoms with van der Waals surface area (Å²) in [5, 5.41) is 17.1. The number of unbranched alkanes of at least 4 members (excludes halogenated alkanes) is 1. The molecule has 0 saturated heterocycles. The summed E-state index contributed by atoms with van der Waals surface area (Å²) in [4.78, 5) is 32.0. The van der Waals surface area contributed by atoms with E-state index in [-0.39, 0.29) is 17.4 Å². The molecule has 0 amide bonds. The fourth-order valence-electron chi connectivity index (χ4n) is 1.69. The van der Waals surface area contributed by atoms with E-state index in [9.17, 15) is 14.4 Å². The van der Waals surface area contributed by atoms with Gasteiger partial charge >= 0.3 is 11.9 Å². The van der Waals surface area contributed by atoms with Crippen LogP contribution in [0.25, 0.3) is 11.0 Å². The van der Waals surface area contributed by atoms with Gasteiger partial charge in [0, 0.05) is 0 Å². The number of carboxylic acid groups (broad SMARTS) is 2. The Morgan fingerprint density at radius 1 is 1.17 bits per heavy atom. The first kappa shape index (κ1) is 18.2. The predicted molar refractivity (Wildman–Crippen MR) is 85.7 cm³/mol. The van der Waals surface area contributed by atoms with Crippen molar-refractivity contribution in [3.8, 4) is 0 Å². The molecule has 0 aliphatic heterocycles. The van der Waals surface area contributed by atoms with Crippen LogP contribution in [0.5, 0.6) is 0 Å². The van der Waals surface area contributed by atoms with Gasteiger partial charge in [0.25, 0.3) is 0 Å². The standard InChI is InChI=1S/C10H6O4.C7H12O2/c11-9-6-3-1-2-4-8(6)14-5-7(9)10(12)13;1-2-3-4-5-6-7(8)9/h1-5H,(H,12,13);4-5H,2-3,6H2,1H3,(H,8,9). The Kier molecular flexibility index (Phi) is 7.26. The van der Waals surface area contributed by atoms with Crippen molar-refractivity contribution in [3.05, 3.63) is 58.5 Å². The Morgan fingerprint density at radius 3 is 2.48 bits per heavy atom. The molecular formula is C17H18O6. The van der Waals surface area contributed by atoms with E-state index in [1.54, 1.807) is 24.3 Å². The molecule has 0 atom stereocenters. The largest absolute Gasteiger partial charge is 0.481 e. The minimum atomic E-state index is -1.27. The van der Waals surface area contributed by atoms with E-state index in [4.69, 9.17) is 14.6 Å². The van der Waals surface area contributed by atoms with Crippen LogP contribution >= 0.6 is 0 Å². The fourth-order valence-corrected chi connectivity index (χ4v) is 1.69. The van der Waals surface area contributed by atoms with Crippen LogP contribution in [0.3, 0.4) is 0 Å². The number of carboxylic acids is 2. The maximum absolute atomic E-state index is 11.5. The molecule has 0 fully saturated rings. The monoisotopic (exact) mass is 318 g/mol. The maximum Gasteiger partial charge on any atom is 0.342 e. The third kappa shape index (κ3) is 5.78. The van der Waals surface area contributed by atoms with E-state index in [0.717, 1.165) is 19.1 Å². The Labute approximate surface area is 132 Å². The van der Waals surface area contributed by atoms with Crippen molar-refractivity contribution in [2.75, 3.05) is 0 Å². The van der Waals surface area contributed by atoms with Gasteiger partial charge in [-0.05, 0) is 18.6 Å². The minimum Gasteiger partial charge on any atom is -0.481 e. The zero-order chi connectivity index (χ0) is 17.2. The minimum absolute atomic E-state index is 0.153. The molecule has 0 unspecified atom stereocenters. The van der Waals surface area contributed by atoms with Gasteiger partial charge in [0.05, 0.1) is 11.8 Å². The van der Waals surface area contributed by atoms with Crippen LogP contribution in [0.1, 0.15) is 36.5 Å². The molecule has 0 saturated carbocycles. The quantitative estimate of drug-likeness (QED) is 0.819. The molecule has 1 aromatic carbocycles. The number of fused-ring (bicyclic) bond motifs is 1. The van der Waals surface area contributed by atoms with Crippen molar-refractivity contribution in [3.63, 3.8) is 0 Å². The highest BCUT2D eigenvalue weighted by Gasteiger charge is 2.11. The summed E-state index contributed by atoms with van der Waals surface area (Å²) in [7, 11) is 0. The lowest BCUT2D eigenvalue weighted by atomic mass is 10.2. The van der Waals surface area contributed by atoms with Crippen molar-refractivity contribution in [2.45, 2.75) is 26.2 Å². The number of benzene rings is 1. The van der Waals surface area contributed by atoms with Crippen LogP contribution in [0.15, 0.2) is 51.9 Å². The van der Waals surface area contributed by atoms with Crippen LogP contribution in [-0.4, -0.2) is 22.2 Å². The highest BCUT2D eigenvalue weighted by Crippen LogP contribution is 2.10. The Hall–Kier alpha value is -2.89. The third-order valence-corrected chi connectivity index (χ3v) is 2.82. The molecule has 1 aromatic heterocycles. The second-order valence-electron chi connectivity index (χ2n) is 4.64. The zero-order valence-corrected chi connectivity index (χ0v) is 12.7. The predicted octanol–water partition coefficient (Wildman–Crippen LogP) is 3.31. The summed E-state index contributed by atoms with van der Waals surface area (Å²) in [5.41, 5.74) is -0.467. The second-order valence-corrected chi connectivity index (χ2v) is 4.64. The third-order valence-electron chi connectivity index (χ3n) is 2.82. The Bertz CT molecular complexity index is 757. The molecule has 0 bridgehead atoms. The van der Waals surface area contributed by atoms with Gasteiger partial charge in [0.1, 0.15) is 17.4 Å². The summed E-state index contributed by atoms with van der Waals surface area (Å²) in [5.74, 6) is -2.04. The Balaban J connectivity index is 0.000000257. The van der Waals surface area contributed by atoms with Gasteiger partial charge in [-0.2, -0.15) is 0 Å². The van der Waals surface area contributed by atoms with Gasteiger partial charge < -0.3 is 14.6 Å². The van der Waals surface area contributed by atoms with Crippen LogP contribution < -0.4 is 5.43 Å². The highest BCUT2D eigenvalue weighted by atomic mass is 16.4. The molecule has 23 heavy (non-hydrogen) atoms. The number of aromatic carboxylic acids is 1. The van der Waals surface area contributed by atoms with E-state index >= 15 is 0 Å². The second kappa shape index (κ2) is 9.19. The lowest BCUT2D eigenvalue weighted by Gasteiger charge is -1.96. The molecular weight excluding hydrogens is 300 g/mol. The van der Waals surface area contributed by atoms with E-state index < -0.39 is 17.4 Å². The molecule has 0 aliphatic rings. The van der Waals surface area contributed by atoms with Crippen molar-refractivity contribution in [1.29, 1.82) is 0 Å². The van der Waals surface area contributed by atoms with Crippen LogP contribution in [-0.2, 0) is 4.79 Å². The Morgan fingerprint density at radius 2 is 1.87 bits per heavy atom. The average molecular weight is 318 g/mol. The van der Waals surface area contributed by atoms with E-state index in [1.807, 2.05) is 6.08 Å². The van der Waals surface area contributed by atoms with Gasteiger partial charge in [-0.15, -0.1) is 0 Å². The zero-order valence-electron chi connectivity index (χ0n) is 12.7. The van der Waals surface area contributed by atoms with E-state index in [2.05, 4.69) is 6.92 Å². The maximum atomic E-state index is 11.5. The number of hydrogen-bond donors (Lipinski definition) is 2. The number of para-hydroxylation sites is 1. The van der Waals surface area contributed by atoms with Gasteiger partial charge in [0.2, 0.25) is 5.43 Å². The molecule has 0 radical (unpaired) electrons. The average Bonchev–Trinajstić information content (AvgIpc) is 2.52. The lowest BCUT2D eigenvalue weighted by Crippen LogP contribution is -2.13. The molecule has 0 spiro atoms. The van der Waals surface area contributed by atoms with Gasteiger partial charge in [-0.1, -0.05) is 37.6 Å². The topological polar surface area (TPSA) is 105 Å². The van der Waals surface area contributed by atoms with Gasteiger partial charge in [-0.25, -0.2) is 4.79 Å². The number of rotatable bonds is 5. The van der Waals surface area contributed by atoms with Crippen LogP contribution in [0.2, 0.25) is 0 Å². The normalized spacial score (nSPS) is 10.3. The summed E-state index contributed by atoms with van der Waals surface area (Å²) in [6.45, 7) is 2.06. The number of allylic oxidation sites excluding steroid dienone is 1. The van der Waals surface area contributed by atoms with E-state index in [0.29, 0.717) is 5.58 Å². The molecule has 0 aliphatic carbocycles. The van der Waals surface area contributed by atoms with Crippen molar-refractivity contribution < 1.29 is 24.2 Å². The number of hydrogen-bond acceptors (Lipinski definition) is 4. The highest BCUT2D eigenvalue weighted by molar-refractivity contribution is 5.91. The summed E-state index contributed by atoms with van der Waals surface area (Å²) in [6, 6.07) is 6.52. The molecule has 2 N–H and O–H groups in total. The van der Waals surface area contributed by atoms with Crippen molar-refractivity contribution in [2.24, 2.45) is 0 Å². The number of carbonyl (C=O) groups is 2. The molecule has 6 nitrogen and oxygen atoms in total. The first-order chi connectivity index (χ1) is 11.0. The molecule has 2 aromatic rings. The summed E-state index contributed by atoms with van der Waals surface area (Å²) in [6.07, 6.45) is 6.76. The van der Waals surface area contributed by atoms with Crippen LogP contribution in [0.4, 0.5) is 0 Å². The van der Waals surface area contributed by atoms with Crippen molar-refractivity contribution >= 4 is 22.9 Å². The number of aliphatic carboxylic acids is 1. The fraction of sp³-hybridized carbons (Fsp3) is 0.235. The SMILES string of the molecule is CCCC=CCC(=O)O.O=C(O)c1coc2ccccc2c1=O. The first-order valence-corrected chi connectivity index (χ1v) is 7.08.